The van der Waals surface area contributed by atoms with Gasteiger partial charge in [-0.05, 0) is 72.8 Å². The molecule has 0 spiro atoms. The normalized spacial score (nSPS) is 11.2. The topological polar surface area (TPSA) is 69.8 Å². The molecule has 0 aliphatic carbocycles. The first-order chi connectivity index (χ1) is 13.1. The average Bonchev–Trinajstić information content (AvgIpc) is 2.72. The maximum absolute atomic E-state index is 10.6. The molecule has 0 aliphatic heterocycles. The summed E-state index contributed by atoms with van der Waals surface area (Å²) in [5, 5.41) is 16.8. The first-order valence-corrected chi connectivity index (χ1v) is 8.40. The number of aldehydes is 1. The Balaban J connectivity index is 1.63. The summed E-state index contributed by atoms with van der Waals surface area (Å²) in [6.07, 6.45) is 0.796. The van der Waals surface area contributed by atoms with Crippen molar-refractivity contribution in [3.05, 3.63) is 78.4 Å². The van der Waals surface area contributed by atoms with E-state index in [0.29, 0.717) is 16.9 Å². The molecule has 0 fully saturated rings. The van der Waals surface area contributed by atoms with Gasteiger partial charge in [0.2, 0.25) is 0 Å². The fraction of sp³-hybridized carbons (Fsp3) is 0.0952. The SMILES string of the molecule is CN(C)c1ccc(N=Nc2ccc(N=Nc3ccc(C=O)cc3)cc2)cc1. The van der Waals surface area contributed by atoms with Crippen LogP contribution in [0, 0.1) is 0 Å². The summed E-state index contributed by atoms with van der Waals surface area (Å²) in [5.74, 6) is 0. The molecule has 0 N–H and O–H groups in total. The second kappa shape index (κ2) is 8.62. The van der Waals surface area contributed by atoms with Crippen molar-refractivity contribution >= 4 is 34.7 Å². The van der Waals surface area contributed by atoms with E-state index in [0.717, 1.165) is 23.3 Å². The van der Waals surface area contributed by atoms with Gasteiger partial charge in [-0.2, -0.15) is 20.5 Å². The molecule has 3 rings (SSSR count). The highest BCUT2D eigenvalue weighted by molar-refractivity contribution is 5.75. The van der Waals surface area contributed by atoms with Crippen molar-refractivity contribution < 1.29 is 4.79 Å². The van der Waals surface area contributed by atoms with Crippen LogP contribution in [-0.2, 0) is 0 Å². The van der Waals surface area contributed by atoms with E-state index < -0.39 is 0 Å². The zero-order valence-electron chi connectivity index (χ0n) is 15.1. The van der Waals surface area contributed by atoms with Crippen LogP contribution >= 0.6 is 0 Å². The van der Waals surface area contributed by atoms with Gasteiger partial charge < -0.3 is 4.90 Å². The molecule has 0 bridgehead atoms. The fourth-order valence-electron chi connectivity index (χ4n) is 2.25. The molecular weight excluding hydrogens is 338 g/mol. The van der Waals surface area contributed by atoms with Crippen molar-refractivity contribution in [2.75, 3.05) is 19.0 Å². The number of rotatable bonds is 6. The van der Waals surface area contributed by atoms with Crippen LogP contribution in [0.15, 0.2) is 93.3 Å². The van der Waals surface area contributed by atoms with E-state index in [1.807, 2.05) is 67.5 Å². The Bertz CT molecular complexity index is 943. The molecule has 27 heavy (non-hydrogen) atoms. The number of benzene rings is 3. The van der Waals surface area contributed by atoms with E-state index in [-0.39, 0.29) is 0 Å². The molecule has 0 aliphatic rings. The molecule has 0 unspecified atom stereocenters. The number of nitrogens with zero attached hydrogens (tertiary/aromatic N) is 5. The molecular formula is C21H19N5O. The lowest BCUT2D eigenvalue weighted by molar-refractivity contribution is 0.112. The second-order valence-corrected chi connectivity index (χ2v) is 6.04. The van der Waals surface area contributed by atoms with Gasteiger partial charge in [-0.25, -0.2) is 0 Å². The molecule has 0 heterocycles. The van der Waals surface area contributed by atoms with Gasteiger partial charge in [0.15, 0.2) is 0 Å². The molecule has 0 saturated carbocycles. The number of hydrogen-bond acceptors (Lipinski definition) is 6. The van der Waals surface area contributed by atoms with Gasteiger partial charge in [-0.15, -0.1) is 0 Å². The van der Waals surface area contributed by atoms with Crippen LogP contribution in [0.4, 0.5) is 28.4 Å². The molecule has 0 atom stereocenters. The predicted molar refractivity (Wildman–Crippen MR) is 107 cm³/mol. The van der Waals surface area contributed by atoms with Crippen molar-refractivity contribution in [3.63, 3.8) is 0 Å². The minimum absolute atomic E-state index is 0.611. The Labute approximate surface area is 157 Å². The Morgan fingerprint density at radius 2 is 0.926 bits per heavy atom. The highest BCUT2D eigenvalue weighted by atomic mass is 16.1. The first kappa shape index (κ1) is 18.1. The summed E-state index contributed by atoms with van der Waals surface area (Å²) in [6, 6.07) is 22.1. The van der Waals surface area contributed by atoms with Crippen molar-refractivity contribution in [2.24, 2.45) is 20.5 Å². The third kappa shape index (κ3) is 5.15. The summed E-state index contributed by atoms with van der Waals surface area (Å²) in [6.45, 7) is 0. The first-order valence-electron chi connectivity index (χ1n) is 8.40. The van der Waals surface area contributed by atoms with Crippen molar-refractivity contribution in [2.45, 2.75) is 0 Å². The summed E-state index contributed by atoms with van der Waals surface area (Å²) in [4.78, 5) is 12.7. The third-order valence-electron chi connectivity index (χ3n) is 3.81. The highest BCUT2D eigenvalue weighted by Crippen LogP contribution is 2.24. The smallest absolute Gasteiger partial charge is 0.150 e. The Hall–Kier alpha value is -3.67. The molecule has 3 aromatic rings. The zero-order valence-corrected chi connectivity index (χ0v) is 15.1. The van der Waals surface area contributed by atoms with Gasteiger partial charge >= 0.3 is 0 Å². The number of anilines is 1. The van der Waals surface area contributed by atoms with Crippen LogP contribution in [0.25, 0.3) is 0 Å². The van der Waals surface area contributed by atoms with Gasteiger partial charge in [-0.3, -0.25) is 4.79 Å². The Kier molecular flexibility index (Phi) is 5.79. The molecule has 134 valence electrons. The standard InChI is InChI=1S/C21H19N5O/c1-26(2)21-13-11-20(12-14-21)25-24-19-9-7-18(8-10-19)23-22-17-5-3-16(15-27)4-6-17/h3-15H,1-2H3. The van der Waals surface area contributed by atoms with Crippen LogP contribution < -0.4 is 4.90 Å². The Morgan fingerprint density at radius 3 is 1.26 bits per heavy atom. The van der Waals surface area contributed by atoms with Gasteiger partial charge in [0.05, 0.1) is 22.7 Å². The van der Waals surface area contributed by atoms with Gasteiger partial charge in [-0.1, -0.05) is 0 Å². The predicted octanol–water partition coefficient (Wildman–Crippen LogP) is 6.40. The average molecular weight is 357 g/mol. The number of carbonyl (C=O) groups excluding carboxylic acids is 1. The monoisotopic (exact) mass is 357 g/mol. The van der Waals surface area contributed by atoms with E-state index >= 15 is 0 Å². The molecule has 3 aromatic carbocycles. The Morgan fingerprint density at radius 1 is 0.593 bits per heavy atom. The lowest BCUT2D eigenvalue weighted by Crippen LogP contribution is -2.07. The minimum Gasteiger partial charge on any atom is -0.378 e. The van der Waals surface area contributed by atoms with E-state index in [2.05, 4.69) is 20.5 Å². The van der Waals surface area contributed by atoms with E-state index in [1.54, 1.807) is 24.3 Å². The molecule has 0 radical (unpaired) electrons. The van der Waals surface area contributed by atoms with Gasteiger partial charge in [0.1, 0.15) is 6.29 Å². The third-order valence-corrected chi connectivity index (χ3v) is 3.81. The number of hydrogen-bond donors (Lipinski definition) is 0. The maximum Gasteiger partial charge on any atom is 0.150 e. The molecule has 6 heteroatoms. The molecule has 0 aromatic heterocycles. The quantitative estimate of drug-likeness (QED) is 0.378. The van der Waals surface area contributed by atoms with Crippen LogP contribution in [0.1, 0.15) is 10.4 Å². The molecule has 0 saturated heterocycles. The van der Waals surface area contributed by atoms with E-state index in [9.17, 15) is 4.79 Å². The summed E-state index contributed by atoms with van der Waals surface area (Å²) in [7, 11) is 3.99. The fourth-order valence-corrected chi connectivity index (χ4v) is 2.25. The van der Waals surface area contributed by atoms with Crippen LogP contribution in [-0.4, -0.2) is 20.4 Å². The lowest BCUT2D eigenvalue weighted by atomic mass is 10.2. The maximum atomic E-state index is 10.6. The van der Waals surface area contributed by atoms with Crippen LogP contribution in [0.3, 0.4) is 0 Å². The molecule has 0 amide bonds. The van der Waals surface area contributed by atoms with Crippen molar-refractivity contribution in [3.8, 4) is 0 Å². The van der Waals surface area contributed by atoms with Crippen LogP contribution in [0.2, 0.25) is 0 Å². The molecule has 6 nitrogen and oxygen atoms in total. The highest BCUT2D eigenvalue weighted by Gasteiger charge is 1.96. The van der Waals surface area contributed by atoms with Gasteiger partial charge in [0, 0.05) is 25.3 Å². The van der Waals surface area contributed by atoms with Crippen molar-refractivity contribution in [1.82, 2.24) is 0 Å². The summed E-state index contributed by atoms with van der Waals surface area (Å²) < 4.78 is 0. The van der Waals surface area contributed by atoms with Gasteiger partial charge in [0.25, 0.3) is 0 Å². The van der Waals surface area contributed by atoms with E-state index in [1.165, 1.54) is 0 Å². The van der Waals surface area contributed by atoms with E-state index in [4.69, 9.17) is 0 Å². The zero-order chi connectivity index (χ0) is 19.1. The van der Waals surface area contributed by atoms with Crippen LogP contribution in [0.5, 0.6) is 0 Å². The summed E-state index contributed by atoms with van der Waals surface area (Å²) in [5.41, 5.74) is 4.66. The number of carbonyl (C=O) groups is 1. The minimum atomic E-state index is 0.611. The second-order valence-electron chi connectivity index (χ2n) is 6.04. The summed E-state index contributed by atoms with van der Waals surface area (Å²) >= 11 is 0. The largest absolute Gasteiger partial charge is 0.378 e. The van der Waals surface area contributed by atoms with Crippen molar-refractivity contribution in [1.29, 1.82) is 0 Å². The lowest BCUT2D eigenvalue weighted by Gasteiger charge is -2.11. The number of azo groups is 2.